The summed E-state index contributed by atoms with van der Waals surface area (Å²) in [5, 5.41) is 17.8. The number of carboxylic acid groups (broad SMARTS) is 1. The summed E-state index contributed by atoms with van der Waals surface area (Å²) in [6.07, 6.45) is 3.81. The molecule has 0 bridgehead atoms. The number of aliphatic hydroxyl groups excluding tert-OH is 1. The maximum atomic E-state index is 11.1. The molecule has 1 rings (SSSR count). The predicted octanol–water partition coefficient (Wildman–Crippen LogP) is 1.80. The van der Waals surface area contributed by atoms with E-state index in [2.05, 4.69) is 0 Å². The summed E-state index contributed by atoms with van der Waals surface area (Å²) in [7, 11) is 2.93. The van der Waals surface area contributed by atoms with Crippen molar-refractivity contribution in [3.8, 4) is 11.5 Å². The van der Waals surface area contributed by atoms with Crippen LogP contribution in [0.15, 0.2) is 18.2 Å². The number of hydrogen-bond donors (Lipinski definition) is 2. The van der Waals surface area contributed by atoms with Gasteiger partial charge in [-0.3, -0.25) is 0 Å². The second-order valence-corrected chi connectivity index (χ2v) is 3.51. The zero-order valence-corrected chi connectivity index (χ0v) is 10.3. The van der Waals surface area contributed by atoms with Crippen molar-refractivity contribution < 1.29 is 24.5 Å². The van der Waals surface area contributed by atoms with Gasteiger partial charge in [-0.1, -0.05) is 12.2 Å². The lowest BCUT2D eigenvalue weighted by Gasteiger charge is -2.10. The van der Waals surface area contributed by atoms with Crippen LogP contribution in [0.2, 0.25) is 0 Å². The summed E-state index contributed by atoms with van der Waals surface area (Å²) in [5.74, 6) is -0.208. The van der Waals surface area contributed by atoms with Gasteiger partial charge in [-0.2, -0.15) is 0 Å². The van der Waals surface area contributed by atoms with Crippen molar-refractivity contribution in [1.82, 2.24) is 0 Å². The number of aromatic carboxylic acids is 1. The molecule has 0 saturated heterocycles. The van der Waals surface area contributed by atoms with Crippen molar-refractivity contribution in [2.24, 2.45) is 0 Å². The maximum absolute atomic E-state index is 11.1. The van der Waals surface area contributed by atoms with Crippen molar-refractivity contribution in [3.05, 3.63) is 29.3 Å². The number of aliphatic hydroxyl groups is 1. The van der Waals surface area contributed by atoms with E-state index in [1.165, 1.54) is 20.3 Å². The van der Waals surface area contributed by atoms with E-state index in [1.807, 2.05) is 0 Å². The lowest BCUT2D eigenvalue weighted by molar-refractivity contribution is 0.0696. The van der Waals surface area contributed by atoms with E-state index in [-0.39, 0.29) is 12.2 Å². The summed E-state index contributed by atoms with van der Waals surface area (Å²) >= 11 is 0. The van der Waals surface area contributed by atoms with Crippen LogP contribution in [0, 0.1) is 0 Å². The minimum atomic E-state index is -1.04. The molecular weight excluding hydrogens is 236 g/mol. The van der Waals surface area contributed by atoms with Gasteiger partial charge in [0.2, 0.25) is 0 Å². The molecule has 0 radical (unpaired) electrons. The summed E-state index contributed by atoms with van der Waals surface area (Å²) in [5.41, 5.74) is 0.635. The summed E-state index contributed by atoms with van der Waals surface area (Å²) < 4.78 is 10.2. The Morgan fingerprint density at radius 1 is 1.28 bits per heavy atom. The van der Waals surface area contributed by atoms with Crippen molar-refractivity contribution in [3.63, 3.8) is 0 Å². The Labute approximate surface area is 105 Å². The smallest absolute Gasteiger partial charge is 0.336 e. The molecule has 0 spiro atoms. The van der Waals surface area contributed by atoms with E-state index in [9.17, 15) is 4.79 Å². The second kappa shape index (κ2) is 6.66. The zero-order valence-electron chi connectivity index (χ0n) is 10.3. The average molecular weight is 252 g/mol. The summed E-state index contributed by atoms with van der Waals surface area (Å²) in [6, 6.07) is 3.01. The van der Waals surface area contributed by atoms with Crippen LogP contribution in [0.3, 0.4) is 0 Å². The van der Waals surface area contributed by atoms with E-state index >= 15 is 0 Å². The normalized spacial score (nSPS) is 10.6. The molecule has 0 amide bonds. The van der Waals surface area contributed by atoms with E-state index in [0.29, 0.717) is 23.5 Å². The fourth-order valence-electron chi connectivity index (χ4n) is 1.50. The first-order chi connectivity index (χ1) is 8.63. The molecule has 0 saturated carbocycles. The first-order valence-electron chi connectivity index (χ1n) is 5.40. The molecular formula is C13H16O5. The minimum Gasteiger partial charge on any atom is -0.493 e. The fraction of sp³-hybridized carbons (Fsp3) is 0.308. The van der Waals surface area contributed by atoms with Crippen LogP contribution >= 0.6 is 0 Å². The largest absolute Gasteiger partial charge is 0.493 e. The highest BCUT2D eigenvalue weighted by molar-refractivity contribution is 5.93. The molecule has 5 nitrogen and oxygen atoms in total. The van der Waals surface area contributed by atoms with Gasteiger partial charge in [-0.25, -0.2) is 4.79 Å². The van der Waals surface area contributed by atoms with Gasteiger partial charge in [0.15, 0.2) is 11.5 Å². The third-order valence-electron chi connectivity index (χ3n) is 2.38. The van der Waals surface area contributed by atoms with E-state index in [4.69, 9.17) is 19.7 Å². The number of carbonyl (C=O) groups is 1. The monoisotopic (exact) mass is 252 g/mol. The van der Waals surface area contributed by atoms with Crippen molar-refractivity contribution in [2.75, 3.05) is 20.8 Å². The Balaban J connectivity index is 3.24. The van der Waals surface area contributed by atoms with Gasteiger partial charge in [0.25, 0.3) is 0 Å². The van der Waals surface area contributed by atoms with Crippen LogP contribution in [0.4, 0.5) is 0 Å². The highest BCUT2D eigenvalue weighted by Crippen LogP contribution is 2.31. The van der Waals surface area contributed by atoms with Gasteiger partial charge in [0, 0.05) is 6.61 Å². The molecule has 1 aromatic carbocycles. The minimum absolute atomic E-state index is 0.0200. The van der Waals surface area contributed by atoms with Crippen LogP contribution in [0.1, 0.15) is 22.3 Å². The topological polar surface area (TPSA) is 76.0 Å². The number of hydrogen-bond acceptors (Lipinski definition) is 4. The molecule has 0 aliphatic carbocycles. The Kier molecular flexibility index (Phi) is 5.20. The Morgan fingerprint density at radius 2 is 1.89 bits per heavy atom. The third kappa shape index (κ3) is 3.24. The molecule has 5 heteroatoms. The molecule has 0 aliphatic rings. The standard InChI is InChI=1S/C13H16O5/c1-17-11-7-9(5-3-4-6-14)10(13(15)16)8-12(11)18-2/h3,5,7-8,14H,4,6H2,1-2H3,(H,15,16). The fourth-order valence-corrected chi connectivity index (χ4v) is 1.50. The Hall–Kier alpha value is -2.01. The van der Waals surface area contributed by atoms with E-state index in [0.717, 1.165) is 0 Å². The molecule has 0 aliphatic heterocycles. The first kappa shape index (κ1) is 14.1. The molecule has 0 heterocycles. The lowest BCUT2D eigenvalue weighted by Crippen LogP contribution is -2.02. The van der Waals surface area contributed by atoms with Crippen LogP contribution in [-0.4, -0.2) is 37.0 Å². The predicted molar refractivity (Wildman–Crippen MR) is 67.2 cm³/mol. The number of methoxy groups -OCH3 is 2. The van der Waals surface area contributed by atoms with Gasteiger partial charge < -0.3 is 19.7 Å². The summed E-state index contributed by atoms with van der Waals surface area (Å²) in [4.78, 5) is 11.1. The van der Waals surface area contributed by atoms with Gasteiger partial charge in [-0.15, -0.1) is 0 Å². The summed E-state index contributed by atoms with van der Waals surface area (Å²) in [6.45, 7) is 0.0200. The molecule has 0 unspecified atom stereocenters. The number of carboxylic acids is 1. The quantitative estimate of drug-likeness (QED) is 0.807. The first-order valence-corrected chi connectivity index (χ1v) is 5.40. The molecule has 1 aromatic rings. The third-order valence-corrected chi connectivity index (χ3v) is 2.38. The number of ether oxygens (including phenoxy) is 2. The molecule has 0 fully saturated rings. The maximum Gasteiger partial charge on any atom is 0.336 e. The SMILES string of the molecule is COc1cc(C=CCCO)c(C(=O)O)cc1OC. The van der Waals surface area contributed by atoms with Crippen molar-refractivity contribution >= 4 is 12.0 Å². The van der Waals surface area contributed by atoms with Crippen LogP contribution in [-0.2, 0) is 0 Å². The lowest BCUT2D eigenvalue weighted by atomic mass is 10.1. The van der Waals surface area contributed by atoms with Crippen LogP contribution in [0.5, 0.6) is 11.5 Å². The van der Waals surface area contributed by atoms with E-state index in [1.54, 1.807) is 18.2 Å². The Bertz CT molecular complexity index is 451. The Morgan fingerprint density at radius 3 is 2.39 bits per heavy atom. The molecule has 0 aromatic heterocycles. The van der Waals surface area contributed by atoms with Crippen molar-refractivity contribution in [1.29, 1.82) is 0 Å². The van der Waals surface area contributed by atoms with E-state index < -0.39 is 5.97 Å². The number of benzene rings is 1. The molecule has 0 atom stereocenters. The highest BCUT2D eigenvalue weighted by Gasteiger charge is 2.14. The highest BCUT2D eigenvalue weighted by atomic mass is 16.5. The van der Waals surface area contributed by atoms with Crippen LogP contribution < -0.4 is 9.47 Å². The molecule has 2 N–H and O–H groups in total. The zero-order chi connectivity index (χ0) is 13.5. The van der Waals surface area contributed by atoms with Crippen LogP contribution in [0.25, 0.3) is 6.08 Å². The molecule has 98 valence electrons. The average Bonchev–Trinajstić information content (AvgIpc) is 2.38. The van der Waals surface area contributed by atoms with Gasteiger partial charge in [0.05, 0.1) is 19.8 Å². The van der Waals surface area contributed by atoms with Gasteiger partial charge in [0.1, 0.15) is 0 Å². The van der Waals surface area contributed by atoms with Crippen molar-refractivity contribution in [2.45, 2.75) is 6.42 Å². The van der Waals surface area contributed by atoms with Gasteiger partial charge >= 0.3 is 5.97 Å². The molecule has 18 heavy (non-hydrogen) atoms. The van der Waals surface area contributed by atoms with Gasteiger partial charge in [-0.05, 0) is 24.1 Å². The second-order valence-electron chi connectivity index (χ2n) is 3.51. The number of rotatable bonds is 6.